The molecule has 8 rings (SSSR count). The molecule has 0 spiro atoms. The third-order valence-electron chi connectivity index (χ3n) is 9.44. The van der Waals surface area contributed by atoms with E-state index in [1.807, 2.05) is 18.2 Å². The lowest BCUT2D eigenvalue weighted by molar-refractivity contribution is -0.178. The summed E-state index contributed by atoms with van der Waals surface area (Å²) in [6.45, 7) is 0.324. The molecule has 4 aromatic carbocycles. The topological polar surface area (TPSA) is 48.0 Å². The smallest absolute Gasteiger partial charge is 0.288 e. The molecule has 5 nitrogen and oxygen atoms in total. The molecule has 48 heavy (non-hydrogen) atoms. The molecule has 2 aliphatic carbocycles. The van der Waals surface area contributed by atoms with E-state index >= 15 is 0 Å². The van der Waals surface area contributed by atoms with E-state index in [-0.39, 0.29) is 18.3 Å². The van der Waals surface area contributed by atoms with E-state index in [0.29, 0.717) is 24.5 Å². The van der Waals surface area contributed by atoms with Crippen LogP contribution in [0.25, 0.3) is 33.2 Å². The highest BCUT2D eigenvalue weighted by molar-refractivity contribution is 7.16. The van der Waals surface area contributed by atoms with Crippen LogP contribution in [0.3, 0.4) is 0 Å². The monoisotopic (exact) mass is 657 g/mol. The Morgan fingerprint density at radius 2 is 1.69 bits per heavy atom. The molecular formula is C41H36FNO4S. The second kappa shape index (κ2) is 13.5. The van der Waals surface area contributed by atoms with Crippen molar-refractivity contribution < 1.29 is 23.5 Å². The first-order chi connectivity index (χ1) is 23.6. The van der Waals surface area contributed by atoms with E-state index in [2.05, 4.69) is 60.7 Å². The van der Waals surface area contributed by atoms with Crippen molar-refractivity contribution in [3.05, 3.63) is 130 Å². The molecule has 0 saturated carbocycles. The van der Waals surface area contributed by atoms with Crippen LogP contribution >= 0.6 is 11.3 Å². The molecule has 7 heteroatoms. The number of carbonyl (C=O) groups is 1. The van der Waals surface area contributed by atoms with E-state index in [1.165, 1.54) is 73.2 Å². The summed E-state index contributed by atoms with van der Waals surface area (Å²) >= 11 is 1.77. The summed E-state index contributed by atoms with van der Waals surface area (Å²) in [5, 5.41) is 1.29. The van der Waals surface area contributed by atoms with Crippen LogP contribution in [0.4, 0.5) is 10.1 Å². The van der Waals surface area contributed by atoms with Crippen LogP contribution in [-0.2, 0) is 33.6 Å². The summed E-state index contributed by atoms with van der Waals surface area (Å²) in [6.07, 6.45) is 8.76. The lowest BCUT2D eigenvalue weighted by Gasteiger charge is -2.29. The van der Waals surface area contributed by atoms with Gasteiger partial charge in [-0.15, -0.1) is 11.3 Å². The minimum absolute atomic E-state index is 0.267. The number of carbonyl (C=O) groups excluding carboxylic acids is 1. The van der Waals surface area contributed by atoms with Crippen molar-refractivity contribution in [1.82, 2.24) is 0 Å². The Balaban J connectivity index is 1.03. The van der Waals surface area contributed by atoms with Gasteiger partial charge in [-0.1, -0.05) is 54.6 Å². The zero-order valence-corrected chi connectivity index (χ0v) is 27.4. The number of hydrogen-bond donors (Lipinski definition) is 0. The van der Waals surface area contributed by atoms with Crippen LogP contribution in [0, 0.1) is 5.82 Å². The number of amides is 1. The Kier molecular flexibility index (Phi) is 8.66. The molecule has 1 saturated heterocycles. The van der Waals surface area contributed by atoms with E-state index in [4.69, 9.17) is 14.3 Å². The maximum Gasteiger partial charge on any atom is 0.288 e. The van der Waals surface area contributed by atoms with E-state index < -0.39 is 6.29 Å². The fourth-order valence-electron chi connectivity index (χ4n) is 7.02. The Labute approximate surface area is 284 Å². The van der Waals surface area contributed by atoms with Gasteiger partial charge in [0.25, 0.3) is 5.91 Å². The number of thiophene rings is 1. The number of fused-ring (bicyclic) bond motifs is 5. The number of anilines is 1. The average Bonchev–Trinajstić information content (AvgIpc) is 3.64. The summed E-state index contributed by atoms with van der Waals surface area (Å²) in [7, 11) is 0. The first-order valence-electron chi connectivity index (χ1n) is 16.7. The second-order valence-corrected chi connectivity index (χ2v) is 13.6. The summed E-state index contributed by atoms with van der Waals surface area (Å²) in [6, 6.07) is 31.2. The molecule has 2 heterocycles. The Bertz CT molecular complexity index is 1990. The largest absolute Gasteiger partial charge is 0.484 e. The molecule has 1 atom stereocenters. The highest BCUT2D eigenvalue weighted by atomic mass is 32.1. The lowest BCUT2D eigenvalue weighted by Crippen LogP contribution is -2.40. The molecule has 5 aromatic rings. The molecule has 1 fully saturated rings. The minimum atomic E-state index is -0.521. The van der Waals surface area contributed by atoms with Crippen LogP contribution in [0.5, 0.6) is 5.75 Å². The van der Waals surface area contributed by atoms with E-state index in [1.54, 1.807) is 11.3 Å². The molecule has 3 aliphatic rings. The summed E-state index contributed by atoms with van der Waals surface area (Å²) in [4.78, 5) is 22.0. The SMILES string of the molecule is O=C(COc1ccc(F)cc1)N(OC1CCCCO1)c1cccc(-c2ccc(C3=Cc4ccc5c(c4CC3)CCc3ccccc3-5)s2)c1. The number of rotatable bonds is 8. The highest BCUT2D eigenvalue weighted by Gasteiger charge is 2.26. The van der Waals surface area contributed by atoms with Gasteiger partial charge in [0.1, 0.15) is 11.6 Å². The zero-order chi connectivity index (χ0) is 32.5. The van der Waals surface area contributed by atoms with Crippen LogP contribution < -0.4 is 9.80 Å². The molecule has 1 amide bonds. The van der Waals surface area contributed by atoms with Crippen molar-refractivity contribution >= 4 is 34.6 Å². The zero-order valence-electron chi connectivity index (χ0n) is 26.6. The highest BCUT2D eigenvalue weighted by Crippen LogP contribution is 2.42. The second-order valence-electron chi connectivity index (χ2n) is 12.5. The molecular weight excluding hydrogens is 622 g/mol. The number of hydrogen-bond acceptors (Lipinski definition) is 5. The summed E-state index contributed by atoms with van der Waals surface area (Å²) < 4.78 is 24.9. The van der Waals surface area contributed by atoms with Gasteiger partial charge in [0.2, 0.25) is 0 Å². The maximum absolute atomic E-state index is 13.5. The molecule has 242 valence electrons. The van der Waals surface area contributed by atoms with Gasteiger partial charge in [0, 0.05) is 22.8 Å². The van der Waals surface area contributed by atoms with Crippen molar-refractivity contribution in [2.24, 2.45) is 0 Å². The van der Waals surface area contributed by atoms with Crippen LogP contribution in [-0.4, -0.2) is 25.4 Å². The van der Waals surface area contributed by atoms with Gasteiger partial charge < -0.3 is 9.47 Å². The van der Waals surface area contributed by atoms with Crippen LogP contribution in [0.1, 0.15) is 52.8 Å². The van der Waals surface area contributed by atoms with Gasteiger partial charge in [0.05, 0.1) is 5.69 Å². The summed E-state index contributed by atoms with van der Waals surface area (Å²) in [5.74, 6) is -0.339. The normalized spacial score (nSPS) is 16.7. The predicted octanol–water partition coefficient (Wildman–Crippen LogP) is 9.68. The van der Waals surface area contributed by atoms with Gasteiger partial charge in [-0.3, -0.25) is 4.79 Å². The van der Waals surface area contributed by atoms with Gasteiger partial charge in [-0.05, 0) is 132 Å². The molecule has 1 unspecified atom stereocenters. The Morgan fingerprint density at radius 3 is 2.56 bits per heavy atom. The number of benzene rings is 4. The maximum atomic E-state index is 13.5. The third kappa shape index (κ3) is 6.33. The minimum Gasteiger partial charge on any atom is -0.484 e. The van der Waals surface area contributed by atoms with Gasteiger partial charge >= 0.3 is 0 Å². The average molecular weight is 658 g/mol. The molecule has 1 aliphatic heterocycles. The van der Waals surface area contributed by atoms with Crippen molar-refractivity contribution in [1.29, 1.82) is 0 Å². The Hall–Kier alpha value is -4.56. The number of hydroxylamine groups is 1. The number of aryl methyl sites for hydroxylation is 1. The number of nitrogens with zero attached hydrogens (tertiary/aromatic N) is 1. The fourth-order valence-corrected chi connectivity index (χ4v) is 8.06. The number of halogens is 1. The van der Waals surface area contributed by atoms with Gasteiger partial charge in [-0.2, -0.15) is 5.06 Å². The lowest BCUT2D eigenvalue weighted by atomic mass is 9.78. The van der Waals surface area contributed by atoms with Gasteiger partial charge in [0.15, 0.2) is 12.9 Å². The van der Waals surface area contributed by atoms with Crippen molar-refractivity contribution in [3.63, 3.8) is 0 Å². The first-order valence-corrected chi connectivity index (χ1v) is 17.5. The van der Waals surface area contributed by atoms with Crippen molar-refractivity contribution in [3.8, 4) is 27.3 Å². The third-order valence-corrected chi connectivity index (χ3v) is 10.7. The van der Waals surface area contributed by atoms with E-state index in [9.17, 15) is 9.18 Å². The molecule has 1 aromatic heterocycles. The van der Waals surface area contributed by atoms with Gasteiger partial charge in [-0.25, -0.2) is 9.23 Å². The molecule has 0 N–H and O–H groups in total. The van der Waals surface area contributed by atoms with Crippen LogP contribution in [0.2, 0.25) is 0 Å². The van der Waals surface area contributed by atoms with Crippen LogP contribution in [0.15, 0.2) is 97.1 Å². The van der Waals surface area contributed by atoms with Crippen molar-refractivity contribution in [2.75, 3.05) is 18.3 Å². The first kappa shape index (κ1) is 30.8. The quantitative estimate of drug-likeness (QED) is 0.156. The molecule has 0 radical (unpaired) electrons. The molecule has 0 bridgehead atoms. The van der Waals surface area contributed by atoms with Crippen molar-refractivity contribution in [2.45, 2.75) is 51.2 Å². The van der Waals surface area contributed by atoms with E-state index in [0.717, 1.165) is 49.0 Å². The standard InChI is InChI=1S/C41H36FNO4S/c42-31-14-16-33(17-15-31)46-26-40(44)43(47-41-10-3-4-23-45-41)32-8-5-7-29(25-32)38-21-22-39(48-38)30-13-18-35-28(24-30)12-20-36-34-9-2-1-6-27(34)11-19-37(35)36/h1-2,5-9,12,14-17,20-22,24-25,41H,3-4,10-11,13,18-19,23,26H2. The Morgan fingerprint density at radius 1 is 0.833 bits per heavy atom. The fraction of sp³-hybridized carbons (Fsp3) is 0.244. The predicted molar refractivity (Wildman–Crippen MR) is 189 cm³/mol. The summed E-state index contributed by atoms with van der Waals surface area (Å²) in [5.41, 5.74) is 11.6. The number of allylic oxidation sites excluding steroid dienone is 1. The number of ether oxygens (including phenoxy) is 2.